The molecular weight excluding hydrogens is 208 g/mol. The van der Waals surface area contributed by atoms with Crippen LogP contribution in [0, 0.1) is 0 Å². The van der Waals surface area contributed by atoms with E-state index in [9.17, 15) is 4.79 Å². The molecule has 0 saturated heterocycles. The van der Waals surface area contributed by atoms with Crippen LogP contribution in [-0.4, -0.2) is 35.3 Å². The molecule has 0 aliphatic heterocycles. The lowest BCUT2D eigenvalue weighted by Gasteiger charge is -2.20. The van der Waals surface area contributed by atoms with Crippen molar-refractivity contribution < 1.29 is 14.6 Å². The number of aromatic carboxylic acids is 1. The third-order valence-electron chi connectivity index (χ3n) is 2.42. The predicted molar refractivity (Wildman–Crippen MR) is 60.8 cm³/mol. The van der Waals surface area contributed by atoms with E-state index in [1.807, 2.05) is 13.8 Å². The summed E-state index contributed by atoms with van der Waals surface area (Å²) in [6.07, 6.45) is 0.0234. The maximum absolute atomic E-state index is 10.7. The first-order valence-electron chi connectivity index (χ1n) is 5.04. The molecule has 2 N–H and O–H groups in total. The number of nitrogens with one attached hydrogen (secondary N) is 1. The third-order valence-corrected chi connectivity index (χ3v) is 2.42. The zero-order valence-electron chi connectivity index (χ0n) is 9.60. The Labute approximate surface area is 94.5 Å². The van der Waals surface area contributed by atoms with E-state index in [4.69, 9.17) is 9.84 Å². The molecule has 0 spiro atoms. The van der Waals surface area contributed by atoms with Crippen LogP contribution in [0.25, 0.3) is 0 Å². The summed E-state index contributed by atoms with van der Waals surface area (Å²) in [6.45, 7) is 3.88. The van der Waals surface area contributed by atoms with Gasteiger partial charge in [-0.1, -0.05) is 6.07 Å². The van der Waals surface area contributed by atoms with Gasteiger partial charge in [-0.3, -0.25) is 0 Å². The van der Waals surface area contributed by atoms with Gasteiger partial charge < -0.3 is 15.2 Å². The summed E-state index contributed by atoms with van der Waals surface area (Å²) in [7, 11) is 1.63. The quantitative estimate of drug-likeness (QED) is 0.795. The molecule has 2 atom stereocenters. The van der Waals surface area contributed by atoms with Crippen molar-refractivity contribution in [2.24, 2.45) is 0 Å². The molecule has 0 aliphatic rings. The summed E-state index contributed by atoms with van der Waals surface area (Å²) < 4.78 is 5.16. The van der Waals surface area contributed by atoms with Crippen molar-refractivity contribution in [1.82, 2.24) is 4.98 Å². The number of hydrogen-bond acceptors (Lipinski definition) is 4. The second-order valence-electron chi connectivity index (χ2n) is 3.59. The van der Waals surface area contributed by atoms with Crippen LogP contribution in [0.3, 0.4) is 0 Å². The highest BCUT2D eigenvalue weighted by Crippen LogP contribution is 2.09. The number of aromatic nitrogens is 1. The lowest BCUT2D eigenvalue weighted by molar-refractivity contribution is 0.0690. The van der Waals surface area contributed by atoms with Gasteiger partial charge in [-0.2, -0.15) is 0 Å². The van der Waals surface area contributed by atoms with Crippen molar-refractivity contribution in [1.29, 1.82) is 0 Å². The summed E-state index contributed by atoms with van der Waals surface area (Å²) in [4.78, 5) is 14.7. The Morgan fingerprint density at radius 1 is 1.50 bits per heavy atom. The second-order valence-corrected chi connectivity index (χ2v) is 3.59. The summed E-state index contributed by atoms with van der Waals surface area (Å²) >= 11 is 0. The van der Waals surface area contributed by atoms with Crippen LogP contribution in [0.2, 0.25) is 0 Å². The lowest BCUT2D eigenvalue weighted by atomic mass is 10.2. The minimum Gasteiger partial charge on any atom is -0.477 e. The highest BCUT2D eigenvalue weighted by molar-refractivity contribution is 5.85. The Balaban J connectivity index is 2.74. The lowest BCUT2D eigenvalue weighted by Crippen LogP contribution is -2.30. The van der Waals surface area contributed by atoms with Gasteiger partial charge in [-0.05, 0) is 26.0 Å². The minimum absolute atomic E-state index is 0.0234. The molecule has 5 nitrogen and oxygen atoms in total. The molecule has 0 aromatic carbocycles. The smallest absolute Gasteiger partial charge is 0.354 e. The molecule has 1 aromatic rings. The Hall–Kier alpha value is -1.62. The van der Waals surface area contributed by atoms with Gasteiger partial charge in [0.2, 0.25) is 0 Å². The van der Waals surface area contributed by atoms with Gasteiger partial charge >= 0.3 is 5.97 Å². The number of carboxylic acid groups (broad SMARTS) is 1. The molecule has 16 heavy (non-hydrogen) atoms. The van der Waals surface area contributed by atoms with E-state index in [1.165, 1.54) is 6.07 Å². The maximum Gasteiger partial charge on any atom is 0.354 e. The summed E-state index contributed by atoms with van der Waals surface area (Å²) in [5.41, 5.74) is 0.0299. The molecule has 0 saturated carbocycles. The summed E-state index contributed by atoms with van der Waals surface area (Å²) in [5.74, 6) is -0.493. The van der Waals surface area contributed by atoms with Crippen molar-refractivity contribution >= 4 is 11.8 Å². The van der Waals surface area contributed by atoms with Gasteiger partial charge in [-0.25, -0.2) is 9.78 Å². The van der Waals surface area contributed by atoms with Crippen LogP contribution >= 0.6 is 0 Å². The van der Waals surface area contributed by atoms with E-state index in [0.717, 1.165) is 0 Å². The molecule has 0 fully saturated rings. The summed E-state index contributed by atoms with van der Waals surface area (Å²) in [6, 6.07) is 4.90. The van der Waals surface area contributed by atoms with Gasteiger partial charge in [0.1, 0.15) is 5.82 Å². The number of hydrogen-bond donors (Lipinski definition) is 2. The molecule has 0 aliphatic carbocycles. The molecule has 88 valence electrons. The van der Waals surface area contributed by atoms with Gasteiger partial charge in [-0.15, -0.1) is 0 Å². The van der Waals surface area contributed by atoms with Gasteiger partial charge in [0.15, 0.2) is 5.69 Å². The Morgan fingerprint density at radius 2 is 2.19 bits per heavy atom. The molecule has 1 unspecified atom stereocenters. The van der Waals surface area contributed by atoms with Crippen LogP contribution in [0.1, 0.15) is 24.3 Å². The fraction of sp³-hybridized carbons (Fsp3) is 0.455. The first-order chi connectivity index (χ1) is 7.54. The Morgan fingerprint density at radius 3 is 2.75 bits per heavy atom. The van der Waals surface area contributed by atoms with Crippen molar-refractivity contribution in [3.05, 3.63) is 23.9 Å². The fourth-order valence-electron chi connectivity index (χ4n) is 1.19. The zero-order chi connectivity index (χ0) is 12.1. The topological polar surface area (TPSA) is 71.5 Å². The van der Waals surface area contributed by atoms with Crippen LogP contribution in [0.4, 0.5) is 5.82 Å². The van der Waals surface area contributed by atoms with E-state index in [1.54, 1.807) is 19.2 Å². The first-order valence-corrected chi connectivity index (χ1v) is 5.04. The number of methoxy groups -OCH3 is 1. The molecule has 0 bridgehead atoms. The summed E-state index contributed by atoms with van der Waals surface area (Å²) in [5, 5.41) is 11.9. The van der Waals surface area contributed by atoms with E-state index >= 15 is 0 Å². The van der Waals surface area contributed by atoms with Crippen molar-refractivity contribution in [2.75, 3.05) is 12.4 Å². The number of anilines is 1. The molecule has 1 rings (SSSR count). The predicted octanol–water partition coefficient (Wildman–Crippen LogP) is 1.62. The average molecular weight is 224 g/mol. The number of carbonyl (C=O) groups is 1. The number of carboxylic acids is 1. The highest BCUT2D eigenvalue weighted by atomic mass is 16.5. The maximum atomic E-state index is 10.7. The standard InChI is InChI=1S/C11H16N2O3/c1-7(8(2)16-3)12-10-6-4-5-9(13-10)11(14)15/h4-8H,1-3H3,(H,12,13)(H,14,15)/t7-,8?/m0/s1. The fourth-order valence-corrected chi connectivity index (χ4v) is 1.19. The van der Waals surface area contributed by atoms with Crippen LogP contribution in [-0.2, 0) is 4.74 Å². The van der Waals surface area contributed by atoms with E-state index in [2.05, 4.69) is 10.3 Å². The molecule has 5 heteroatoms. The number of rotatable bonds is 5. The van der Waals surface area contributed by atoms with E-state index in [0.29, 0.717) is 5.82 Å². The number of ether oxygens (including phenoxy) is 1. The molecule has 1 aromatic heterocycles. The molecule has 0 amide bonds. The van der Waals surface area contributed by atoms with Gasteiger partial charge in [0, 0.05) is 7.11 Å². The third kappa shape index (κ3) is 3.20. The zero-order valence-corrected chi connectivity index (χ0v) is 9.60. The first kappa shape index (κ1) is 12.4. The van der Waals surface area contributed by atoms with Crippen LogP contribution in [0.15, 0.2) is 18.2 Å². The van der Waals surface area contributed by atoms with Crippen molar-refractivity contribution in [3.8, 4) is 0 Å². The largest absolute Gasteiger partial charge is 0.477 e. The van der Waals surface area contributed by atoms with Gasteiger partial charge in [0.25, 0.3) is 0 Å². The van der Waals surface area contributed by atoms with Crippen molar-refractivity contribution in [2.45, 2.75) is 26.0 Å². The Bertz CT molecular complexity index is 368. The number of pyridine rings is 1. The molecular formula is C11H16N2O3. The van der Waals surface area contributed by atoms with Crippen LogP contribution in [0.5, 0.6) is 0 Å². The SMILES string of the molecule is COC(C)[C@H](C)Nc1cccc(C(=O)O)n1. The monoisotopic (exact) mass is 224 g/mol. The average Bonchev–Trinajstić information content (AvgIpc) is 2.28. The Kier molecular flexibility index (Phi) is 4.25. The van der Waals surface area contributed by atoms with E-state index < -0.39 is 5.97 Å². The molecule has 0 radical (unpaired) electrons. The van der Waals surface area contributed by atoms with Crippen LogP contribution < -0.4 is 5.32 Å². The highest BCUT2D eigenvalue weighted by Gasteiger charge is 2.12. The second kappa shape index (κ2) is 5.46. The number of nitrogens with zero attached hydrogens (tertiary/aromatic N) is 1. The van der Waals surface area contributed by atoms with Crippen molar-refractivity contribution in [3.63, 3.8) is 0 Å². The normalized spacial score (nSPS) is 14.2. The minimum atomic E-state index is -1.03. The van der Waals surface area contributed by atoms with E-state index in [-0.39, 0.29) is 17.8 Å². The molecule has 1 heterocycles. The van der Waals surface area contributed by atoms with Gasteiger partial charge in [0.05, 0.1) is 12.1 Å².